The van der Waals surface area contributed by atoms with Gasteiger partial charge in [-0.15, -0.1) is 0 Å². The van der Waals surface area contributed by atoms with Gasteiger partial charge in [0.25, 0.3) is 0 Å². The average Bonchev–Trinajstić information content (AvgIpc) is 2.70. The van der Waals surface area contributed by atoms with Crippen LogP contribution in [0.2, 0.25) is 0 Å². The molecule has 27 heavy (non-hydrogen) atoms. The van der Waals surface area contributed by atoms with Crippen molar-refractivity contribution in [2.24, 2.45) is 0 Å². The van der Waals surface area contributed by atoms with Gasteiger partial charge >= 0.3 is 0 Å². The van der Waals surface area contributed by atoms with Crippen molar-refractivity contribution in [3.05, 3.63) is 60.2 Å². The summed E-state index contributed by atoms with van der Waals surface area (Å²) in [7, 11) is 0. The van der Waals surface area contributed by atoms with Gasteiger partial charge in [0.1, 0.15) is 0 Å². The van der Waals surface area contributed by atoms with Crippen LogP contribution in [0.5, 0.6) is 0 Å². The first-order chi connectivity index (χ1) is 13.2. The molecule has 1 atom stereocenters. The maximum atomic E-state index is 10.9. The Morgan fingerprint density at radius 1 is 0.815 bits per heavy atom. The molecular formula is C25H33NO. The van der Waals surface area contributed by atoms with Gasteiger partial charge < -0.3 is 10.0 Å². The number of aliphatic hydroxyl groups excluding tert-OH is 1. The first-order valence-corrected chi connectivity index (χ1v) is 10.5. The molecule has 0 aliphatic heterocycles. The Labute approximate surface area is 163 Å². The third kappa shape index (κ3) is 5.09. The maximum Gasteiger partial charge on any atom is 0.0707 e. The van der Waals surface area contributed by atoms with E-state index in [1.54, 1.807) is 0 Å². The molecule has 0 radical (unpaired) electrons. The summed E-state index contributed by atoms with van der Waals surface area (Å²) in [5.41, 5.74) is 1.25. The van der Waals surface area contributed by atoms with E-state index in [0.717, 1.165) is 19.6 Å². The van der Waals surface area contributed by atoms with Crippen molar-refractivity contribution in [3.8, 4) is 0 Å². The number of hydrogen-bond donors (Lipinski definition) is 1. The Morgan fingerprint density at radius 2 is 1.41 bits per heavy atom. The van der Waals surface area contributed by atoms with E-state index in [1.165, 1.54) is 52.8 Å². The van der Waals surface area contributed by atoms with Gasteiger partial charge in [-0.3, -0.25) is 0 Å². The van der Waals surface area contributed by atoms with E-state index in [2.05, 4.69) is 73.3 Å². The van der Waals surface area contributed by atoms with E-state index in [4.69, 9.17) is 0 Å². The first kappa shape index (κ1) is 19.9. The molecule has 0 aliphatic rings. The summed E-state index contributed by atoms with van der Waals surface area (Å²) >= 11 is 0. The summed E-state index contributed by atoms with van der Waals surface area (Å²) in [5.74, 6) is 0. The molecular weight excluding hydrogens is 330 g/mol. The van der Waals surface area contributed by atoms with Gasteiger partial charge in [-0.05, 0) is 53.0 Å². The topological polar surface area (TPSA) is 23.5 Å². The van der Waals surface area contributed by atoms with Crippen LogP contribution in [0, 0.1) is 0 Å². The van der Waals surface area contributed by atoms with E-state index in [0.29, 0.717) is 6.42 Å². The van der Waals surface area contributed by atoms with E-state index in [1.807, 2.05) is 0 Å². The molecule has 2 heteroatoms. The minimum Gasteiger partial charge on any atom is -0.391 e. The molecule has 3 rings (SSSR count). The normalized spacial score (nSPS) is 12.9. The fraction of sp³-hybridized carbons (Fsp3) is 0.440. The highest BCUT2D eigenvalue weighted by molar-refractivity contribution is 6.08. The van der Waals surface area contributed by atoms with E-state index in [9.17, 15) is 5.11 Å². The maximum absolute atomic E-state index is 10.9. The SMILES string of the molecule is CCCCN(CCCC)CC(O)Cc1cc2ccccc2c2ccccc12. The van der Waals surface area contributed by atoms with Gasteiger partial charge in [-0.2, -0.15) is 0 Å². The highest BCUT2D eigenvalue weighted by atomic mass is 16.3. The van der Waals surface area contributed by atoms with Crippen LogP contribution in [-0.4, -0.2) is 35.7 Å². The lowest BCUT2D eigenvalue weighted by Gasteiger charge is -2.25. The van der Waals surface area contributed by atoms with Crippen LogP contribution in [0.25, 0.3) is 21.5 Å². The number of unbranched alkanes of at least 4 members (excludes halogenated alkanes) is 2. The lowest BCUT2D eigenvalue weighted by molar-refractivity contribution is 0.111. The highest BCUT2D eigenvalue weighted by Crippen LogP contribution is 2.29. The lowest BCUT2D eigenvalue weighted by Crippen LogP contribution is -2.35. The molecule has 0 spiro atoms. The molecule has 0 amide bonds. The van der Waals surface area contributed by atoms with E-state index >= 15 is 0 Å². The minimum absolute atomic E-state index is 0.330. The quantitative estimate of drug-likeness (QED) is 0.460. The lowest BCUT2D eigenvalue weighted by atomic mass is 9.94. The zero-order valence-electron chi connectivity index (χ0n) is 16.8. The van der Waals surface area contributed by atoms with Crippen molar-refractivity contribution in [1.29, 1.82) is 0 Å². The van der Waals surface area contributed by atoms with Crippen LogP contribution in [0.3, 0.4) is 0 Å². The highest BCUT2D eigenvalue weighted by Gasteiger charge is 2.14. The molecule has 3 aromatic rings. The minimum atomic E-state index is -0.330. The second-order valence-corrected chi connectivity index (χ2v) is 7.67. The van der Waals surface area contributed by atoms with Gasteiger partial charge in [-0.1, -0.05) is 81.3 Å². The largest absolute Gasteiger partial charge is 0.391 e. The molecule has 3 aromatic carbocycles. The molecule has 0 aromatic heterocycles. The number of fused-ring (bicyclic) bond motifs is 3. The van der Waals surface area contributed by atoms with Crippen molar-refractivity contribution < 1.29 is 5.11 Å². The summed E-state index contributed by atoms with van der Waals surface area (Å²) in [6.45, 7) is 7.41. The Bertz CT molecular complexity index is 849. The number of aliphatic hydroxyl groups is 1. The molecule has 1 N–H and O–H groups in total. The monoisotopic (exact) mass is 363 g/mol. The molecule has 2 nitrogen and oxygen atoms in total. The zero-order chi connectivity index (χ0) is 19.1. The van der Waals surface area contributed by atoms with Crippen molar-refractivity contribution in [2.45, 2.75) is 52.1 Å². The molecule has 0 aliphatic carbocycles. The summed E-state index contributed by atoms with van der Waals surface area (Å²) in [6.07, 6.45) is 5.19. The number of nitrogens with zero attached hydrogens (tertiary/aromatic N) is 1. The van der Waals surface area contributed by atoms with Gasteiger partial charge in [0.15, 0.2) is 0 Å². The van der Waals surface area contributed by atoms with Crippen molar-refractivity contribution in [2.75, 3.05) is 19.6 Å². The van der Waals surface area contributed by atoms with Crippen LogP contribution in [0.1, 0.15) is 45.1 Å². The van der Waals surface area contributed by atoms with E-state index < -0.39 is 0 Å². The third-order valence-corrected chi connectivity index (χ3v) is 5.43. The second-order valence-electron chi connectivity index (χ2n) is 7.67. The van der Waals surface area contributed by atoms with Crippen LogP contribution in [0.4, 0.5) is 0 Å². The smallest absolute Gasteiger partial charge is 0.0707 e. The predicted octanol–water partition coefficient (Wildman–Crippen LogP) is 5.80. The van der Waals surface area contributed by atoms with Crippen molar-refractivity contribution in [3.63, 3.8) is 0 Å². The average molecular weight is 364 g/mol. The number of benzene rings is 3. The van der Waals surface area contributed by atoms with Crippen LogP contribution >= 0.6 is 0 Å². The molecule has 0 fully saturated rings. The van der Waals surface area contributed by atoms with Gasteiger partial charge in [0.05, 0.1) is 6.10 Å². The van der Waals surface area contributed by atoms with Gasteiger partial charge in [0, 0.05) is 13.0 Å². The molecule has 144 valence electrons. The van der Waals surface area contributed by atoms with Crippen LogP contribution in [0.15, 0.2) is 54.6 Å². The van der Waals surface area contributed by atoms with Gasteiger partial charge in [0.2, 0.25) is 0 Å². The van der Waals surface area contributed by atoms with Gasteiger partial charge in [-0.25, -0.2) is 0 Å². The van der Waals surface area contributed by atoms with E-state index in [-0.39, 0.29) is 6.10 Å². The van der Waals surface area contributed by atoms with Crippen molar-refractivity contribution in [1.82, 2.24) is 4.90 Å². The molecule has 0 bridgehead atoms. The summed E-state index contributed by atoms with van der Waals surface area (Å²) in [6, 6.07) is 19.4. The summed E-state index contributed by atoms with van der Waals surface area (Å²) < 4.78 is 0. The number of rotatable bonds is 10. The molecule has 1 unspecified atom stereocenters. The Hall–Kier alpha value is -1.90. The Kier molecular flexibility index (Phi) is 7.25. The molecule has 0 saturated heterocycles. The zero-order valence-corrected chi connectivity index (χ0v) is 16.8. The third-order valence-electron chi connectivity index (χ3n) is 5.43. The second kappa shape index (κ2) is 9.87. The van der Waals surface area contributed by atoms with Crippen LogP contribution < -0.4 is 0 Å². The first-order valence-electron chi connectivity index (χ1n) is 10.5. The fourth-order valence-corrected chi connectivity index (χ4v) is 3.97. The van der Waals surface area contributed by atoms with Crippen LogP contribution in [-0.2, 0) is 6.42 Å². The molecule has 0 heterocycles. The fourth-order valence-electron chi connectivity index (χ4n) is 3.97. The molecule has 0 saturated carbocycles. The number of hydrogen-bond acceptors (Lipinski definition) is 2. The standard InChI is InChI=1S/C25H33NO/c1-3-5-15-26(16-6-4-2)19-22(27)18-21-17-20-11-7-8-12-23(20)25-14-10-9-13-24(21)25/h7-14,17,22,27H,3-6,15-16,18-19H2,1-2H3. The summed E-state index contributed by atoms with van der Waals surface area (Å²) in [5, 5.41) is 16.0. The van der Waals surface area contributed by atoms with Crippen molar-refractivity contribution >= 4 is 21.5 Å². The predicted molar refractivity (Wildman–Crippen MR) is 117 cm³/mol. The Morgan fingerprint density at radius 3 is 2.07 bits per heavy atom. The summed E-state index contributed by atoms with van der Waals surface area (Å²) in [4.78, 5) is 2.45. The Balaban J connectivity index is 1.81.